The number of urea groups is 1. The van der Waals surface area contributed by atoms with Crippen LogP contribution in [0.3, 0.4) is 0 Å². The van der Waals surface area contributed by atoms with Gasteiger partial charge in [0.05, 0.1) is 19.5 Å². The first kappa shape index (κ1) is 21.3. The highest BCUT2D eigenvalue weighted by Crippen LogP contribution is 2.29. The molecule has 0 radical (unpaired) electrons. The summed E-state index contributed by atoms with van der Waals surface area (Å²) in [6, 6.07) is 14.0. The van der Waals surface area contributed by atoms with Gasteiger partial charge in [0, 0.05) is 24.5 Å². The van der Waals surface area contributed by atoms with Crippen molar-refractivity contribution in [3.05, 3.63) is 74.9 Å². The SMILES string of the molecule is CNc1ccc2c(=O)c(-c3ccc(NC(=O)NSc4ccc(Cl)s4)cc3C)coc2c1. The Labute approximate surface area is 191 Å². The molecular formula is C22H18ClN3O3S2. The molecule has 9 heteroatoms. The van der Waals surface area contributed by atoms with E-state index in [9.17, 15) is 9.59 Å². The maximum atomic E-state index is 13.0. The van der Waals surface area contributed by atoms with Crippen molar-refractivity contribution in [3.63, 3.8) is 0 Å². The normalized spacial score (nSPS) is 10.8. The van der Waals surface area contributed by atoms with Crippen LogP contribution in [-0.4, -0.2) is 13.1 Å². The number of thiophene rings is 1. The lowest BCUT2D eigenvalue weighted by molar-refractivity contribution is 0.257. The fraction of sp³-hybridized carbons (Fsp3) is 0.0909. The number of amides is 2. The standard InChI is InChI=1S/C22H18ClN3O3S2/c1-12-9-14(25-22(28)26-31-20-8-7-19(23)30-20)4-5-15(12)17-11-29-18-10-13(24-2)3-6-16(18)21(17)27/h3-11,24H,1-2H3,(H2,25,26,28). The van der Waals surface area contributed by atoms with Gasteiger partial charge in [0.25, 0.3) is 0 Å². The van der Waals surface area contributed by atoms with Crippen molar-refractivity contribution in [2.24, 2.45) is 0 Å². The fourth-order valence-electron chi connectivity index (χ4n) is 3.12. The topological polar surface area (TPSA) is 83.4 Å². The van der Waals surface area contributed by atoms with E-state index in [1.807, 2.05) is 32.2 Å². The van der Waals surface area contributed by atoms with Crippen molar-refractivity contribution >= 4 is 63.3 Å². The smallest absolute Gasteiger partial charge is 0.329 e. The average molecular weight is 472 g/mol. The van der Waals surface area contributed by atoms with Gasteiger partial charge >= 0.3 is 6.03 Å². The van der Waals surface area contributed by atoms with Gasteiger partial charge in [-0.05, 0) is 66.4 Å². The predicted molar refractivity (Wildman–Crippen MR) is 130 cm³/mol. The van der Waals surface area contributed by atoms with Crippen molar-refractivity contribution in [1.29, 1.82) is 0 Å². The molecule has 0 aliphatic carbocycles. The number of hydrogen-bond acceptors (Lipinski definition) is 6. The average Bonchev–Trinajstić information content (AvgIpc) is 3.18. The largest absolute Gasteiger partial charge is 0.463 e. The van der Waals surface area contributed by atoms with E-state index in [2.05, 4.69) is 15.4 Å². The van der Waals surface area contributed by atoms with E-state index in [0.717, 1.165) is 21.0 Å². The molecule has 0 atom stereocenters. The van der Waals surface area contributed by atoms with Crippen molar-refractivity contribution < 1.29 is 9.21 Å². The zero-order valence-electron chi connectivity index (χ0n) is 16.6. The highest BCUT2D eigenvalue weighted by molar-refractivity contribution is 7.99. The van der Waals surface area contributed by atoms with Crippen LogP contribution >= 0.6 is 34.9 Å². The molecule has 0 aliphatic heterocycles. The third-order valence-corrected chi connectivity index (χ3v) is 6.78. The first-order valence-electron chi connectivity index (χ1n) is 9.28. The number of fused-ring (bicyclic) bond motifs is 1. The number of carbonyl (C=O) groups excluding carboxylic acids is 1. The maximum Gasteiger partial charge on any atom is 0.329 e. The first-order valence-corrected chi connectivity index (χ1v) is 11.3. The molecule has 31 heavy (non-hydrogen) atoms. The number of hydrogen-bond donors (Lipinski definition) is 3. The number of benzene rings is 2. The summed E-state index contributed by atoms with van der Waals surface area (Å²) in [5, 5.41) is 6.33. The second-order valence-corrected chi connectivity index (χ2v) is 9.51. The van der Waals surface area contributed by atoms with Gasteiger partial charge in [0.15, 0.2) is 0 Å². The maximum absolute atomic E-state index is 13.0. The van der Waals surface area contributed by atoms with E-state index in [1.165, 1.54) is 29.5 Å². The number of carbonyl (C=O) groups is 1. The molecule has 0 saturated heterocycles. The molecule has 0 unspecified atom stereocenters. The molecule has 0 spiro atoms. The first-order chi connectivity index (χ1) is 14.9. The van der Waals surface area contributed by atoms with Gasteiger partial charge in [-0.2, -0.15) is 0 Å². The van der Waals surface area contributed by atoms with Crippen molar-refractivity contribution in [2.75, 3.05) is 17.7 Å². The number of aryl methyl sites for hydroxylation is 1. The number of nitrogens with one attached hydrogen (secondary N) is 3. The minimum absolute atomic E-state index is 0.100. The number of rotatable bonds is 5. The van der Waals surface area contributed by atoms with E-state index in [0.29, 0.717) is 26.6 Å². The van der Waals surface area contributed by atoms with E-state index < -0.39 is 0 Å². The van der Waals surface area contributed by atoms with Crippen LogP contribution in [0.5, 0.6) is 0 Å². The summed E-state index contributed by atoms with van der Waals surface area (Å²) in [6.07, 6.45) is 1.48. The van der Waals surface area contributed by atoms with Crippen LogP contribution in [-0.2, 0) is 0 Å². The minimum atomic E-state index is -0.354. The zero-order chi connectivity index (χ0) is 22.0. The fourth-order valence-corrected chi connectivity index (χ4v) is 4.97. The lowest BCUT2D eigenvalue weighted by atomic mass is 10.00. The van der Waals surface area contributed by atoms with Gasteiger partial charge in [-0.3, -0.25) is 9.52 Å². The van der Waals surface area contributed by atoms with Gasteiger partial charge in [0.2, 0.25) is 5.43 Å². The summed E-state index contributed by atoms with van der Waals surface area (Å²) in [6.45, 7) is 1.88. The van der Waals surface area contributed by atoms with E-state index >= 15 is 0 Å². The van der Waals surface area contributed by atoms with Gasteiger partial charge < -0.3 is 15.1 Å². The van der Waals surface area contributed by atoms with Crippen LogP contribution < -0.4 is 20.8 Å². The number of anilines is 2. The molecule has 2 amide bonds. The van der Waals surface area contributed by atoms with Crippen LogP contribution in [0.2, 0.25) is 4.34 Å². The number of halogens is 1. The summed E-state index contributed by atoms with van der Waals surface area (Å²) in [4.78, 5) is 25.2. The van der Waals surface area contributed by atoms with Gasteiger partial charge in [-0.25, -0.2) is 4.79 Å². The van der Waals surface area contributed by atoms with Crippen LogP contribution in [0.4, 0.5) is 16.2 Å². The quantitative estimate of drug-likeness (QED) is 0.295. The molecule has 0 saturated carbocycles. The summed E-state index contributed by atoms with van der Waals surface area (Å²) < 4.78 is 9.98. The highest BCUT2D eigenvalue weighted by Gasteiger charge is 2.13. The molecule has 0 aliphatic rings. The summed E-state index contributed by atoms with van der Waals surface area (Å²) in [5.74, 6) is 0. The predicted octanol–water partition coefficient (Wildman–Crippen LogP) is 6.35. The third kappa shape index (κ3) is 4.71. The van der Waals surface area contributed by atoms with Crippen LogP contribution in [0.25, 0.3) is 22.1 Å². The molecule has 4 rings (SSSR count). The lowest BCUT2D eigenvalue weighted by Gasteiger charge is -2.11. The van der Waals surface area contributed by atoms with Gasteiger partial charge in [-0.1, -0.05) is 17.7 Å². The Morgan fingerprint density at radius 2 is 1.87 bits per heavy atom. The monoisotopic (exact) mass is 471 g/mol. The molecule has 6 nitrogen and oxygen atoms in total. The van der Waals surface area contributed by atoms with Gasteiger partial charge in [-0.15, -0.1) is 11.3 Å². The Morgan fingerprint density at radius 3 is 2.58 bits per heavy atom. The van der Waals surface area contributed by atoms with E-state index in [-0.39, 0.29) is 11.5 Å². The highest BCUT2D eigenvalue weighted by atomic mass is 35.5. The molecule has 0 fully saturated rings. The van der Waals surface area contributed by atoms with Crippen molar-refractivity contribution in [2.45, 2.75) is 11.1 Å². The van der Waals surface area contributed by atoms with Crippen LogP contribution in [0.1, 0.15) is 5.56 Å². The summed E-state index contributed by atoms with van der Waals surface area (Å²) in [7, 11) is 1.81. The van der Waals surface area contributed by atoms with Crippen molar-refractivity contribution in [3.8, 4) is 11.1 Å². The van der Waals surface area contributed by atoms with E-state index in [4.69, 9.17) is 16.0 Å². The zero-order valence-corrected chi connectivity index (χ0v) is 19.0. The van der Waals surface area contributed by atoms with Crippen molar-refractivity contribution in [1.82, 2.24) is 4.72 Å². The summed E-state index contributed by atoms with van der Waals surface area (Å²) >= 11 is 8.47. The molecule has 4 aromatic rings. The Balaban J connectivity index is 1.52. The minimum Gasteiger partial charge on any atom is -0.463 e. The molecule has 2 aromatic carbocycles. The third-order valence-electron chi connectivity index (χ3n) is 4.63. The molecule has 3 N–H and O–H groups in total. The second-order valence-electron chi connectivity index (χ2n) is 6.69. The van der Waals surface area contributed by atoms with Gasteiger partial charge in [0.1, 0.15) is 11.8 Å². The second kappa shape index (κ2) is 9.05. The van der Waals surface area contributed by atoms with Crippen LogP contribution in [0, 0.1) is 6.92 Å². The molecule has 2 heterocycles. The Kier molecular flexibility index (Phi) is 6.22. The molecule has 158 valence electrons. The van der Waals surface area contributed by atoms with E-state index in [1.54, 1.807) is 30.3 Å². The lowest BCUT2D eigenvalue weighted by Crippen LogP contribution is -2.22. The molecular weight excluding hydrogens is 454 g/mol. The Bertz CT molecular complexity index is 1330. The summed E-state index contributed by atoms with van der Waals surface area (Å²) in [5.41, 5.74) is 3.98. The Morgan fingerprint density at radius 1 is 1.06 bits per heavy atom. The Hall–Kier alpha value is -2.94. The molecule has 2 aromatic heterocycles. The van der Waals surface area contributed by atoms with Crippen LogP contribution in [0.15, 0.2) is 68.2 Å². The molecule has 0 bridgehead atoms.